The molecule has 0 atom stereocenters. The Bertz CT molecular complexity index is 700. The van der Waals surface area contributed by atoms with E-state index in [1.807, 2.05) is 11.8 Å². The van der Waals surface area contributed by atoms with Gasteiger partial charge in [0, 0.05) is 45.0 Å². The molecule has 160 valence electrons. The van der Waals surface area contributed by atoms with Crippen molar-refractivity contribution in [3.63, 3.8) is 0 Å². The molecule has 2 aliphatic heterocycles. The third kappa shape index (κ3) is 6.31. The Morgan fingerprint density at radius 3 is 2.55 bits per heavy atom. The van der Waals surface area contributed by atoms with Gasteiger partial charge in [-0.25, -0.2) is 4.98 Å². The standard InChI is InChI=1S/C21H32ClN5O2/c1-2-8-23-19(28)15-26-11-6-17(7-12-26)25-20-18(22)13-16(14-24-20)21(29)27-9-4-3-5-10-27/h13-14,17H,2-12,15H2,1H3,(H,23,28)(H,24,25). The fourth-order valence-electron chi connectivity index (χ4n) is 3.89. The van der Waals surface area contributed by atoms with Crippen LogP contribution in [0.1, 0.15) is 55.8 Å². The van der Waals surface area contributed by atoms with Crippen molar-refractivity contribution in [3.8, 4) is 0 Å². The highest BCUT2D eigenvalue weighted by molar-refractivity contribution is 6.33. The summed E-state index contributed by atoms with van der Waals surface area (Å²) in [7, 11) is 0. The van der Waals surface area contributed by atoms with Gasteiger partial charge >= 0.3 is 0 Å². The number of halogens is 1. The van der Waals surface area contributed by atoms with Crippen molar-refractivity contribution < 1.29 is 9.59 Å². The van der Waals surface area contributed by atoms with Crippen LogP contribution in [0, 0.1) is 0 Å². The molecule has 29 heavy (non-hydrogen) atoms. The minimum Gasteiger partial charge on any atom is -0.366 e. The maximum Gasteiger partial charge on any atom is 0.255 e. The van der Waals surface area contributed by atoms with E-state index in [2.05, 4.69) is 20.5 Å². The maximum atomic E-state index is 12.6. The van der Waals surface area contributed by atoms with Gasteiger partial charge in [-0.3, -0.25) is 14.5 Å². The Morgan fingerprint density at radius 2 is 1.90 bits per heavy atom. The zero-order valence-corrected chi connectivity index (χ0v) is 18.0. The average Bonchev–Trinajstić information content (AvgIpc) is 2.75. The van der Waals surface area contributed by atoms with Crippen molar-refractivity contribution in [2.45, 2.75) is 51.5 Å². The summed E-state index contributed by atoms with van der Waals surface area (Å²) in [5, 5.41) is 6.81. The molecular formula is C21H32ClN5O2. The second kappa shape index (κ2) is 10.8. The van der Waals surface area contributed by atoms with E-state index in [1.165, 1.54) is 6.42 Å². The Morgan fingerprint density at radius 1 is 1.17 bits per heavy atom. The van der Waals surface area contributed by atoms with Gasteiger partial charge in [-0.15, -0.1) is 0 Å². The fraction of sp³-hybridized carbons (Fsp3) is 0.667. The van der Waals surface area contributed by atoms with Gasteiger partial charge in [0.15, 0.2) is 0 Å². The van der Waals surface area contributed by atoms with Gasteiger partial charge in [0.2, 0.25) is 5.91 Å². The van der Waals surface area contributed by atoms with Crippen LogP contribution in [0.3, 0.4) is 0 Å². The molecule has 2 amide bonds. The minimum atomic E-state index is 0.0142. The fourth-order valence-corrected chi connectivity index (χ4v) is 4.11. The molecule has 0 aliphatic carbocycles. The number of likely N-dealkylation sites (tertiary alicyclic amines) is 2. The smallest absolute Gasteiger partial charge is 0.255 e. The number of amides is 2. The highest BCUT2D eigenvalue weighted by atomic mass is 35.5. The number of nitrogens with one attached hydrogen (secondary N) is 2. The first-order valence-electron chi connectivity index (χ1n) is 10.8. The van der Waals surface area contributed by atoms with Crippen molar-refractivity contribution >= 4 is 29.2 Å². The Hall–Kier alpha value is -1.86. The van der Waals surface area contributed by atoms with Crippen LogP contribution in [-0.4, -0.2) is 71.9 Å². The molecule has 7 nitrogen and oxygen atoms in total. The molecule has 0 aromatic carbocycles. The summed E-state index contributed by atoms with van der Waals surface area (Å²) in [6.07, 6.45) is 7.73. The second-order valence-electron chi connectivity index (χ2n) is 7.95. The van der Waals surface area contributed by atoms with Gasteiger partial charge in [0.25, 0.3) is 5.91 Å². The summed E-state index contributed by atoms with van der Waals surface area (Å²) < 4.78 is 0. The average molecular weight is 422 g/mol. The van der Waals surface area contributed by atoms with E-state index in [1.54, 1.807) is 12.3 Å². The van der Waals surface area contributed by atoms with Crippen LogP contribution in [0.5, 0.6) is 0 Å². The second-order valence-corrected chi connectivity index (χ2v) is 8.36. The van der Waals surface area contributed by atoms with Crippen molar-refractivity contribution in [2.24, 2.45) is 0 Å². The number of aromatic nitrogens is 1. The topological polar surface area (TPSA) is 77.6 Å². The molecule has 0 radical (unpaired) electrons. The molecule has 8 heteroatoms. The van der Waals surface area contributed by atoms with Crippen molar-refractivity contribution in [2.75, 3.05) is 44.6 Å². The van der Waals surface area contributed by atoms with Crippen LogP contribution >= 0.6 is 11.6 Å². The number of carbonyl (C=O) groups excluding carboxylic acids is 2. The van der Waals surface area contributed by atoms with Gasteiger partial charge < -0.3 is 15.5 Å². The molecule has 2 aliphatic rings. The summed E-state index contributed by atoms with van der Waals surface area (Å²) in [6.45, 7) is 6.58. The first kappa shape index (κ1) is 21.8. The quantitative estimate of drug-likeness (QED) is 0.707. The van der Waals surface area contributed by atoms with Crippen LogP contribution in [-0.2, 0) is 4.79 Å². The number of hydrogen-bond donors (Lipinski definition) is 2. The van der Waals surface area contributed by atoms with Crippen LogP contribution in [0.25, 0.3) is 0 Å². The Labute approximate surface area is 178 Å². The Balaban J connectivity index is 1.48. The third-order valence-electron chi connectivity index (χ3n) is 5.60. The molecule has 1 aromatic heterocycles. The zero-order chi connectivity index (χ0) is 20.6. The van der Waals surface area contributed by atoms with Crippen LogP contribution < -0.4 is 10.6 Å². The van der Waals surface area contributed by atoms with Crippen molar-refractivity contribution in [3.05, 3.63) is 22.8 Å². The van der Waals surface area contributed by atoms with E-state index >= 15 is 0 Å². The van der Waals surface area contributed by atoms with E-state index < -0.39 is 0 Å². The molecule has 0 bridgehead atoms. The summed E-state index contributed by atoms with van der Waals surface area (Å²) in [4.78, 5) is 33.0. The minimum absolute atomic E-state index is 0.0142. The SMILES string of the molecule is CCCNC(=O)CN1CCC(Nc2ncc(C(=O)N3CCCCC3)cc2Cl)CC1. The molecule has 2 saturated heterocycles. The number of rotatable bonds is 7. The number of carbonyl (C=O) groups is 2. The lowest BCUT2D eigenvalue weighted by Crippen LogP contribution is -2.44. The van der Waals surface area contributed by atoms with Crippen molar-refractivity contribution in [1.82, 2.24) is 20.1 Å². The van der Waals surface area contributed by atoms with E-state index in [9.17, 15) is 9.59 Å². The maximum absolute atomic E-state index is 12.6. The third-order valence-corrected chi connectivity index (χ3v) is 5.89. The van der Waals surface area contributed by atoms with Crippen LogP contribution in [0.4, 0.5) is 5.82 Å². The molecule has 0 unspecified atom stereocenters. The van der Waals surface area contributed by atoms with E-state index in [-0.39, 0.29) is 17.9 Å². The predicted octanol–water partition coefficient (Wildman–Crippen LogP) is 2.76. The van der Waals surface area contributed by atoms with Gasteiger partial charge in [-0.1, -0.05) is 18.5 Å². The molecule has 3 rings (SSSR count). The molecule has 3 heterocycles. The van der Waals surface area contributed by atoms with Gasteiger partial charge in [-0.05, 0) is 44.6 Å². The van der Waals surface area contributed by atoms with Crippen molar-refractivity contribution in [1.29, 1.82) is 0 Å². The first-order valence-corrected chi connectivity index (χ1v) is 11.1. The van der Waals surface area contributed by atoms with Crippen LogP contribution in [0.2, 0.25) is 5.02 Å². The highest BCUT2D eigenvalue weighted by Crippen LogP contribution is 2.24. The molecule has 2 N–H and O–H groups in total. The van der Waals surface area contributed by atoms with Gasteiger partial charge in [0.05, 0.1) is 17.1 Å². The Kier molecular flexibility index (Phi) is 8.12. The first-order chi connectivity index (χ1) is 14.1. The van der Waals surface area contributed by atoms with E-state index in [4.69, 9.17) is 11.6 Å². The number of pyridine rings is 1. The van der Waals surface area contributed by atoms with E-state index in [0.717, 1.165) is 64.8 Å². The summed E-state index contributed by atoms with van der Waals surface area (Å²) in [6, 6.07) is 1.99. The molecule has 2 fully saturated rings. The largest absolute Gasteiger partial charge is 0.366 e. The number of piperidine rings is 2. The lowest BCUT2D eigenvalue weighted by Gasteiger charge is -2.32. The summed E-state index contributed by atoms with van der Waals surface area (Å²) in [5.41, 5.74) is 0.551. The normalized spacial score (nSPS) is 18.5. The summed E-state index contributed by atoms with van der Waals surface area (Å²) >= 11 is 6.42. The number of nitrogens with zero attached hydrogens (tertiary/aromatic N) is 3. The van der Waals surface area contributed by atoms with Gasteiger partial charge in [-0.2, -0.15) is 0 Å². The van der Waals surface area contributed by atoms with E-state index in [0.29, 0.717) is 22.9 Å². The molecule has 0 spiro atoms. The number of anilines is 1. The zero-order valence-electron chi connectivity index (χ0n) is 17.3. The predicted molar refractivity (Wildman–Crippen MR) is 115 cm³/mol. The summed E-state index contributed by atoms with van der Waals surface area (Å²) in [5.74, 6) is 0.734. The van der Waals surface area contributed by atoms with Gasteiger partial charge in [0.1, 0.15) is 5.82 Å². The monoisotopic (exact) mass is 421 g/mol. The lowest BCUT2D eigenvalue weighted by molar-refractivity contribution is -0.122. The van der Waals surface area contributed by atoms with Crippen LogP contribution in [0.15, 0.2) is 12.3 Å². The molecule has 0 saturated carbocycles. The number of hydrogen-bond acceptors (Lipinski definition) is 5. The molecular weight excluding hydrogens is 390 g/mol. The highest BCUT2D eigenvalue weighted by Gasteiger charge is 2.23. The molecule has 1 aromatic rings. The lowest BCUT2D eigenvalue weighted by atomic mass is 10.0.